The molecule has 1 aromatic heterocycles. The summed E-state index contributed by atoms with van der Waals surface area (Å²) in [4.78, 5) is 15.1. The SMILES string of the molecule is COc1cccc2[nH]c(C(=O)NN=Cc3ccc(O)cc3O)cc12. The molecule has 7 nitrogen and oxygen atoms in total. The zero-order valence-corrected chi connectivity index (χ0v) is 12.8. The number of phenols is 2. The first kappa shape index (κ1) is 15.4. The predicted molar refractivity (Wildman–Crippen MR) is 89.7 cm³/mol. The Labute approximate surface area is 137 Å². The number of nitrogens with one attached hydrogen (secondary N) is 2. The molecule has 0 aliphatic carbocycles. The molecule has 122 valence electrons. The van der Waals surface area contributed by atoms with Crippen molar-refractivity contribution in [1.82, 2.24) is 10.4 Å². The van der Waals surface area contributed by atoms with Crippen LogP contribution in [-0.2, 0) is 0 Å². The van der Waals surface area contributed by atoms with Crippen molar-refractivity contribution < 1.29 is 19.7 Å². The molecule has 2 aromatic carbocycles. The zero-order valence-electron chi connectivity index (χ0n) is 12.8. The lowest BCUT2D eigenvalue weighted by atomic mass is 10.2. The van der Waals surface area contributed by atoms with E-state index < -0.39 is 5.91 Å². The molecule has 0 radical (unpaired) electrons. The summed E-state index contributed by atoms with van der Waals surface area (Å²) >= 11 is 0. The number of hydrogen-bond acceptors (Lipinski definition) is 5. The van der Waals surface area contributed by atoms with E-state index in [1.165, 1.54) is 24.4 Å². The Bertz CT molecular complexity index is 931. The Morgan fingerprint density at radius 1 is 1.25 bits per heavy atom. The Kier molecular flexibility index (Phi) is 4.07. The molecule has 1 amide bonds. The summed E-state index contributed by atoms with van der Waals surface area (Å²) in [5, 5.41) is 23.5. The summed E-state index contributed by atoms with van der Waals surface area (Å²) in [5.41, 5.74) is 3.85. The fourth-order valence-corrected chi connectivity index (χ4v) is 2.29. The molecule has 24 heavy (non-hydrogen) atoms. The lowest BCUT2D eigenvalue weighted by Crippen LogP contribution is -2.17. The molecule has 0 unspecified atom stereocenters. The van der Waals surface area contributed by atoms with Crippen molar-refractivity contribution in [3.63, 3.8) is 0 Å². The smallest absolute Gasteiger partial charge is 0.287 e. The molecule has 0 fully saturated rings. The Morgan fingerprint density at radius 3 is 2.83 bits per heavy atom. The maximum atomic E-state index is 12.1. The Balaban J connectivity index is 1.76. The minimum Gasteiger partial charge on any atom is -0.508 e. The van der Waals surface area contributed by atoms with Gasteiger partial charge in [-0.3, -0.25) is 4.79 Å². The number of aromatic nitrogens is 1. The van der Waals surface area contributed by atoms with Crippen LogP contribution in [0.25, 0.3) is 10.9 Å². The van der Waals surface area contributed by atoms with Crippen LogP contribution in [0.15, 0.2) is 47.6 Å². The van der Waals surface area contributed by atoms with Crippen LogP contribution < -0.4 is 10.2 Å². The highest BCUT2D eigenvalue weighted by molar-refractivity contribution is 6.00. The van der Waals surface area contributed by atoms with E-state index in [0.29, 0.717) is 17.0 Å². The molecule has 7 heteroatoms. The van der Waals surface area contributed by atoms with Gasteiger partial charge in [0.15, 0.2) is 0 Å². The highest BCUT2D eigenvalue weighted by Gasteiger charge is 2.11. The maximum Gasteiger partial charge on any atom is 0.287 e. The van der Waals surface area contributed by atoms with Crippen molar-refractivity contribution in [2.24, 2.45) is 5.10 Å². The van der Waals surface area contributed by atoms with Crippen LogP contribution in [0.5, 0.6) is 17.2 Å². The number of aromatic amines is 1. The van der Waals surface area contributed by atoms with Gasteiger partial charge in [-0.1, -0.05) is 6.07 Å². The Hall–Kier alpha value is -3.48. The first-order chi connectivity index (χ1) is 11.6. The highest BCUT2D eigenvalue weighted by atomic mass is 16.5. The van der Waals surface area contributed by atoms with Gasteiger partial charge in [0.2, 0.25) is 0 Å². The van der Waals surface area contributed by atoms with E-state index in [1.807, 2.05) is 18.2 Å². The summed E-state index contributed by atoms with van der Waals surface area (Å²) in [6.07, 6.45) is 1.29. The number of ether oxygens (including phenoxy) is 1. The van der Waals surface area contributed by atoms with Crippen LogP contribution in [0, 0.1) is 0 Å². The van der Waals surface area contributed by atoms with Crippen LogP contribution in [0.3, 0.4) is 0 Å². The molecule has 3 aromatic rings. The minimum atomic E-state index is -0.428. The zero-order chi connectivity index (χ0) is 17.1. The number of carbonyl (C=O) groups is 1. The second-order valence-corrected chi connectivity index (χ2v) is 5.05. The summed E-state index contributed by atoms with van der Waals surface area (Å²) in [6.45, 7) is 0. The number of rotatable bonds is 4. The number of amides is 1. The quantitative estimate of drug-likeness (QED) is 0.436. The monoisotopic (exact) mass is 325 g/mol. The molecule has 0 spiro atoms. The van der Waals surface area contributed by atoms with Gasteiger partial charge in [0.25, 0.3) is 5.91 Å². The van der Waals surface area contributed by atoms with Crippen molar-refractivity contribution >= 4 is 23.0 Å². The average molecular weight is 325 g/mol. The van der Waals surface area contributed by atoms with Crippen molar-refractivity contribution in [3.8, 4) is 17.2 Å². The number of fused-ring (bicyclic) bond motifs is 1. The number of aromatic hydroxyl groups is 2. The summed E-state index contributed by atoms with van der Waals surface area (Å²) in [6, 6.07) is 11.2. The van der Waals surface area contributed by atoms with Crippen molar-refractivity contribution in [2.75, 3.05) is 7.11 Å². The first-order valence-electron chi connectivity index (χ1n) is 7.09. The molecule has 0 aliphatic rings. The standard InChI is InChI=1S/C17H15N3O4/c1-24-16-4-2-3-13-12(16)8-14(19-13)17(23)20-18-9-10-5-6-11(21)7-15(10)22/h2-9,19,21-22H,1H3,(H,20,23). The number of benzene rings is 2. The molecule has 0 atom stereocenters. The molecule has 1 heterocycles. The highest BCUT2D eigenvalue weighted by Crippen LogP contribution is 2.26. The van der Waals surface area contributed by atoms with Crippen molar-refractivity contribution in [2.45, 2.75) is 0 Å². The van der Waals surface area contributed by atoms with E-state index in [0.717, 1.165) is 10.9 Å². The number of H-pyrrole nitrogens is 1. The molecule has 0 aliphatic heterocycles. The topological polar surface area (TPSA) is 107 Å². The van der Waals surface area contributed by atoms with Crippen molar-refractivity contribution in [3.05, 3.63) is 53.7 Å². The maximum absolute atomic E-state index is 12.1. The fourth-order valence-electron chi connectivity index (χ4n) is 2.29. The van der Waals surface area contributed by atoms with E-state index in [9.17, 15) is 15.0 Å². The number of methoxy groups -OCH3 is 1. The number of hydrazone groups is 1. The van der Waals surface area contributed by atoms with Crippen LogP contribution in [0.4, 0.5) is 0 Å². The van der Waals surface area contributed by atoms with Gasteiger partial charge in [-0.25, -0.2) is 5.43 Å². The third-order valence-corrected chi connectivity index (χ3v) is 3.47. The average Bonchev–Trinajstić information content (AvgIpc) is 3.01. The van der Waals surface area contributed by atoms with E-state index in [1.54, 1.807) is 13.2 Å². The van der Waals surface area contributed by atoms with Crippen LogP contribution in [0.1, 0.15) is 16.1 Å². The summed E-state index contributed by atoms with van der Waals surface area (Å²) in [5.74, 6) is 0.0483. The van der Waals surface area contributed by atoms with E-state index in [-0.39, 0.29) is 11.5 Å². The van der Waals surface area contributed by atoms with Gasteiger partial charge >= 0.3 is 0 Å². The molecule has 0 saturated carbocycles. The van der Waals surface area contributed by atoms with Crippen LogP contribution >= 0.6 is 0 Å². The second-order valence-electron chi connectivity index (χ2n) is 5.05. The normalized spacial score (nSPS) is 11.0. The summed E-state index contributed by atoms with van der Waals surface area (Å²) in [7, 11) is 1.57. The first-order valence-corrected chi connectivity index (χ1v) is 7.09. The Morgan fingerprint density at radius 2 is 2.08 bits per heavy atom. The molecule has 3 rings (SSSR count). The molecule has 0 saturated heterocycles. The van der Waals surface area contributed by atoms with Gasteiger partial charge in [-0.05, 0) is 30.3 Å². The number of phenolic OH excluding ortho intramolecular Hbond substituents is 2. The van der Waals surface area contributed by atoms with Gasteiger partial charge in [0.1, 0.15) is 22.9 Å². The molecular weight excluding hydrogens is 310 g/mol. The van der Waals surface area contributed by atoms with Gasteiger partial charge in [0.05, 0.1) is 13.3 Å². The van der Waals surface area contributed by atoms with Gasteiger partial charge < -0.3 is 19.9 Å². The lowest BCUT2D eigenvalue weighted by Gasteiger charge is -1.99. The molecular formula is C17H15N3O4. The number of carbonyl (C=O) groups excluding carboxylic acids is 1. The second kappa shape index (κ2) is 6.33. The third-order valence-electron chi connectivity index (χ3n) is 3.47. The number of nitrogens with zero attached hydrogens (tertiary/aromatic N) is 1. The lowest BCUT2D eigenvalue weighted by molar-refractivity contribution is 0.0951. The number of hydrogen-bond donors (Lipinski definition) is 4. The van der Waals surface area contributed by atoms with Gasteiger partial charge in [-0.15, -0.1) is 0 Å². The molecule has 0 bridgehead atoms. The van der Waals surface area contributed by atoms with E-state index in [4.69, 9.17) is 4.74 Å². The third kappa shape index (κ3) is 3.00. The van der Waals surface area contributed by atoms with Gasteiger partial charge in [0, 0.05) is 22.5 Å². The largest absolute Gasteiger partial charge is 0.508 e. The van der Waals surface area contributed by atoms with Crippen LogP contribution in [0.2, 0.25) is 0 Å². The van der Waals surface area contributed by atoms with E-state index >= 15 is 0 Å². The fraction of sp³-hybridized carbons (Fsp3) is 0.0588. The predicted octanol–water partition coefficient (Wildman–Crippen LogP) is 2.35. The minimum absolute atomic E-state index is 0.0549. The molecule has 4 N–H and O–H groups in total. The summed E-state index contributed by atoms with van der Waals surface area (Å²) < 4.78 is 5.25. The van der Waals surface area contributed by atoms with Crippen molar-refractivity contribution in [1.29, 1.82) is 0 Å². The van der Waals surface area contributed by atoms with Crippen LogP contribution in [-0.4, -0.2) is 34.4 Å². The van der Waals surface area contributed by atoms with E-state index in [2.05, 4.69) is 15.5 Å². The van der Waals surface area contributed by atoms with Gasteiger partial charge in [-0.2, -0.15) is 5.10 Å².